The van der Waals surface area contributed by atoms with E-state index in [1.165, 1.54) is 100 Å². The van der Waals surface area contributed by atoms with Gasteiger partial charge in [0, 0.05) is 18.4 Å². The van der Waals surface area contributed by atoms with Crippen LogP contribution in [-0.2, 0) is 6.42 Å². The Labute approximate surface area is 198 Å². The van der Waals surface area contributed by atoms with Gasteiger partial charge < -0.3 is 0 Å². The molecule has 0 N–H and O–H groups in total. The van der Waals surface area contributed by atoms with Crippen molar-refractivity contribution in [1.29, 1.82) is 0 Å². The second-order valence-electron chi connectivity index (χ2n) is 9.59. The Morgan fingerprint density at radius 2 is 1.39 bits per heavy atom. The fourth-order valence-electron chi connectivity index (χ4n) is 5.26. The molecule has 0 bridgehead atoms. The lowest BCUT2D eigenvalue weighted by Crippen LogP contribution is -1.86. The Hall–Kier alpha value is -3.04. The van der Waals surface area contributed by atoms with Crippen molar-refractivity contribution in [2.45, 2.75) is 71.1 Å². The van der Waals surface area contributed by atoms with E-state index in [9.17, 15) is 0 Å². The van der Waals surface area contributed by atoms with Gasteiger partial charge in [0.15, 0.2) is 0 Å². The van der Waals surface area contributed by atoms with Crippen molar-refractivity contribution in [3.05, 3.63) is 77.4 Å². The van der Waals surface area contributed by atoms with Gasteiger partial charge in [-0.05, 0) is 68.1 Å². The maximum Gasteiger partial charge on any atom is 0.00923 e. The predicted molar refractivity (Wildman–Crippen MR) is 146 cm³/mol. The molecule has 0 aliphatic heterocycles. The van der Waals surface area contributed by atoms with Crippen LogP contribution in [0.5, 0.6) is 0 Å². The summed E-state index contributed by atoms with van der Waals surface area (Å²) in [7, 11) is 0. The van der Waals surface area contributed by atoms with Gasteiger partial charge in [-0.15, -0.1) is 0 Å². The number of rotatable bonds is 8. The molecule has 0 spiro atoms. The average molecular weight is 431 g/mol. The van der Waals surface area contributed by atoms with Crippen molar-refractivity contribution in [1.82, 2.24) is 0 Å². The molecule has 4 aromatic rings. The summed E-state index contributed by atoms with van der Waals surface area (Å²) in [6, 6.07) is 22.5. The molecule has 1 aliphatic carbocycles. The molecule has 0 nitrogen and oxygen atoms in total. The van der Waals surface area contributed by atoms with Crippen molar-refractivity contribution in [3.8, 4) is 11.8 Å². The molecule has 0 radical (unpaired) electrons. The van der Waals surface area contributed by atoms with E-state index >= 15 is 0 Å². The Morgan fingerprint density at radius 1 is 0.667 bits per heavy atom. The fraction of sp³-hybridized carbons (Fsp3) is 0.333. The molecule has 0 saturated heterocycles. The number of unbranched alkanes of at least 4 members (excludes halogenated alkanes) is 8. The first-order valence-electron chi connectivity index (χ1n) is 12.9. The van der Waals surface area contributed by atoms with Gasteiger partial charge in [0.05, 0.1) is 0 Å². The molecule has 4 aromatic carbocycles. The first-order chi connectivity index (χ1) is 16.3. The molecule has 166 valence electrons. The van der Waals surface area contributed by atoms with Gasteiger partial charge in [-0.25, -0.2) is 0 Å². The number of fused-ring (bicyclic) bond motifs is 6. The second kappa shape index (κ2) is 10.3. The van der Waals surface area contributed by atoms with Crippen LogP contribution >= 0.6 is 0 Å². The second-order valence-corrected chi connectivity index (χ2v) is 9.59. The molecule has 0 fully saturated rings. The van der Waals surface area contributed by atoms with Crippen LogP contribution in [0, 0.1) is 11.8 Å². The summed E-state index contributed by atoms with van der Waals surface area (Å²) in [5.74, 6) is 6.94. The molecule has 0 amide bonds. The third-order valence-electron chi connectivity index (χ3n) is 7.12. The van der Waals surface area contributed by atoms with E-state index in [1.54, 1.807) is 0 Å². The Balaban J connectivity index is 1.29. The largest absolute Gasteiger partial charge is 0.0982 e. The van der Waals surface area contributed by atoms with Crippen molar-refractivity contribution < 1.29 is 0 Å². The minimum Gasteiger partial charge on any atom is -0.0982 e. The molecule has 0 unspecified atom stereocenters. The van der Waals surface area contributed by atoms with Gasteiger partial charge >= 0.3 is 0 Å². The van der Waals surface area contributed by atoms with Crippen molar-refractivity contribution >= 4 is 38.4 Å². The average Bonchev–Trinajstić information content (AvgIpc) is 3.27. The van der Waals surface area contributed by atoms with Crippen LogP contribution in [0.2, 0.25) is 0 Å². The van der Waals surface area contributed by atoms with E-state index in [-0.39, 0.29) is 0 Å². The predicted octanol–water partition coefficient (Wildman–Crippen LogP) is 9.62. The van der Waals surface area contributed by atoms with E-state index in [0.29, 0.717) is 0 Å². The zero-order chi connectivity index (χ0) is 22.5. The first kappa shape index (κ1) is 21.8. The summed E-state index contributed by atoms with van der Waals surface area (Å²) in [4.78, 5) is 0. The van der Waals surface area contributed by atoms with Gasteiger partial charge in [-0.2, -0.15) is 0 Å². The normalized spacial score (nSPS) is 12.7. The van der Waals surface area contributed by atoms with Crippen molar-refractivity contribution in [2.24, 2.45) is 0 Å². The summed E-state index contributed by atoms with van der Waals surface area (Å²) in [5, 5.41) is 7.97. The summed E-state index contributed by atoms with van der Waals surface area (Å²) in [5.41, 5.74) is 4.06. The molecule has 33 heavy (non-hydrogen) atoms. The zero-order valence-electron chi connectivity index (χ0n) is 19.9. The summed E-state index contributed by atoms with van der Waals surface area (Å²) in [6.45, 7) is 2.28. The minimum absolute atomic E-state index is 0.978. The molecular formula is C33H34. The molecule has 0 heterocycles. The highest BCUT2D eigenvalue weighted by atomic mass is 14.2. The van der Waals surface area contributed by atoms with Gasteiger partial charge in [-0.1, -0.05) is 112 Å². The van der Waals surface area contributed by atoms with E-state index < -0.39 is 0 Å². The quantitative estimate of drug-likeness (QED) is 0.113. The summed E-state index contributed by atoms with van der Waals surface area (Å²) < 4.78 is 0. The fourth-order valence-corrected chi connectivity index (χ4v) is 5.26. The van der Waals surface area contributed by atoms with Gasteiger partial charge in [0.2, 0.25) is 0 Å². The highest BCUT2D eigenvalue weighted by molar-refractivity contribution is 6.14. The lowest BCUT2D eigenvalue weighted by Gasteiger charge is -2.09. The summed E-state index contributed by atoms with van der Waals surface area (Å²) in [6.07, 6.45) is 15.2. The van der Waals surface area contributed by atoms with Gasteiger partial charge in [0.1, 0.15) is 0 Å². The lowest BCUT2D eigenvalue weighted by molar-refractivity contribution is 0.579. The van der Waals surface area contributed by atoms with E-state index in [4.69, 9.17) is 0 Å². The van der Waals surface area contributed by atoms with Crippen LogP contribution in [-0.4, -0.2) is 0 Å². The summed E-state index contributed by atoms with van der Waals surface area (Å²) >= 11 is 0. The zero-order valence-corrected chi connectivity index (χ0v) is 19.9. The standard InChI is InChI=1S/C33H34/c1-2-3-4-5-6-7-8-9-10-11-14-25-21-28-17-19-31-30(32(28)22-25)20-18-29-23-26-15-12-13-16-27(26)24-33(29)31/h12-13,15-20,22-24H,2-10,21H2,1H3. The van der Waals surface area contributed by atoms with Crippen LogP contribution in [0.3, 0.4) is 0 Å². The molecule has 5 rings (SSSR count). The number of allylic oxidation sites excluding steroid dienone is 1. The third kappa shape index (κ3) is 4.84. The first-order valence-corrected chi connectivity index (χ1v) is 12.9. The molecular weight excluding hydrogens is 396 g/mol. The van der Waals surface area contributed by atoms with Gasteiger partial charge in [-0.3, -0.25) is 0 Å². The molecule has 0 aromatic heterocycles. The van der Waals surface area contributed by atoms with E-state index in [2.05, 4.69) is 85.5 Å². The van der Waals surface area contributed by atoms with E-state index in [1.807, 2.05) is 0 Å². The third-order valence-corrected chi connectivity index (χ3v) is 7.12. The van der Waals surface area contributed by atoms with Crippen LogP contribution < -0.4 is 0 Å². The highest BCUT2D eigenvalue weighted by Gasteiger charge is 2.15. The SMILES string of the molecule is CCCCCCCCCCC#CC1=Cc2c(ccc3c2ccc2cc4ccccc4cc23)C1. The topological polar surface area (TPSA) is 0 Å². The minimum atomic E-state index is 0.978. The number of benzene rings is 4. The Bertz CT molecular complexity index is 1370. The van der Waals surface area contributed by atoms with Crippen LogP contribution in [0.4, 0.5) is 0 Å². The Kier molecular flexibility index (Phi) is 6.78. The number of hydrogen-bond acceptors (Lipinski definition) is 0. The van der Waals surface area contributed by atoms with Crippen LogP contribution in [0.15, 0.2) is 66.2 Å². The molecule has 0 heteroatoms. The maximum absolute atomic E-state index is 3.48. The maximum atomic E-state index is 3.48. The van der Waals surface area contributed by atoms with Crippen LogP contribution in [0.1, 0.15) is 75.8 Å². The smallest absolute Gasteiger partial charge is 0.00923 e. The van der Waals surface area contributed by atoms with Crippen LogP contribution in [0.25, 0.3) is 38.4 Å². The van der Waals surface area contributed by atoms with E-state index in [0.717, 1.165) is 12.8 Å². The monoisotopic (exact) mass is 430 g/mol. The molecule has 0 atom stereocenters. The number of hydrogen-bond donors (Lipinski definition) is 0. The van der Waals surface area contributed by atoms with Crippen molar-refractivity contribution in [2.75, 3.05) is 0 Å². The van der Waals surface area contributed by atoms with Gasteiger partial charge in [0.25, 0.3) is 0 Å². The molecule has 1 aliphatic rings. The lowest BCUT2D eigenvalue weighted by atomic mass is 9.94. The van der Waals surface area contributed by atoms with Crippen molar-refractivity contribution in [3.63, 3.8) is 0 Å². The highest BCUT2D eigenvalue weighted by Crippen LogP contribution is 2.36. The Morgan fingerprint density at radius 3 is 2.21 bits per heavy atom. The molecule has 0 saturated carbocycles.